The van der Waals surface area contributed by atoms with Crippen LogP contribution in [0.15, 0.2) is 0 Å². The third-order valence-electron chi connectivity index (χ3n) is 0.976. The predicted octanol–water partition coefficient (Wildman–Crippen LogP) is 2.49. The number of carbonyl (C=O) groups excluding carboxylic acids is 1. The van der Waals surface area contributed by atoms with Crippen LogP contribution in [0, 0.1) is 0 Å². The SMILES string of the molecule is C[Si](F)(F)CCCOC(=O)F. The van der Waals surface area contributed by atoms with Crippen LogP contribution in [0.1, 0.15) is 6.42 Å². The van der Waals surface area contributed by atoms with Crippen LogP contribution in [0.25, 0.3) is 0 Å². The molecular weight excluding hydrogens is 177 g/mol. The molecule has 6 heteroatoms. The Labute approximate surface area is 63.7 Å². The fraction of sp³-hybridized carbons (Fsp3) is 0.800. The maximum atomic E-state index is 12.2. The Morgan fingerprint density at radius 2 is 2.09 bits per heavy atom. The van der Waals surface area contributed by atoms with E-state index in [2.05, 4.69) is 4.74 Å². The van der Waals surface area contributed by atoms with E-state index in [1.54, 1.807) is 0 Å². The standard InChI is InChI=1S/C5H9F3O2Si/c1-11(7,8)4-2-3-10-5(6)9/h2-4H2,1H3. The average Bonchev–Trinajstić information content (AvgIpc) is 1.78. The topological polar surface area (TPSA) is 26.3 Å². The summed E-state index contributed by atoms with van der Waals surface area (Å²) >= 11 is 0. The van der Waals surface area contributed by atoms with E-state index in [1.165, 1.54) is 0 Å². The van der Waals surface area contributed by atoms with Crippen LogP contribution in [0.2, 0.25) is 12.6 Å². The zero-order valence-corrected chi connectivity index (χ0v) is 7.07. The highest BCUT2D eigenvalue weighted by atomic mass is 28.4. The maximum Gasteiger partial charge on any atom is 0.495 e. The zero-order chi connectivity index (χ0) is 8.91. The van der Waals surface area contributed by atoms with Crippen LogP contribution in [-0.2, 0) is 4.74 Å². The molecule has 0 amide bonds. The molecular formula is C5H9F3O2Si. The molecule has 0 aromatic carbocycles. The Bertz CT molecular complexity index is 134. The molecule has 0 aliphatic carbocycles. The van der Waals surface area contributed by atoms with Crippen molar-refractivity contribution in [3.63, 3.8) is 0 Å². The molecule has 0 bridgehead atoms. The van der Waals surface area contributed by atoms with Gasteiger partial charge in [-0.25, -0.2) is 4.79 Å². The van der Waals surface area contributed by atoms with Gasteiger partial charge in [-0.05, 0) is 13.0 Å². The summed E-state index contributed by atoms with van der Waals surface area (Å²) in [4.78, 5) is 9.50. The van der Waals surface area contributed by atoms with E-state index in [0.29, 0.717) is 0 Å². The summed E-state index contributed by atoms with van der Waals surface area (Å²) in [6, 6.07) is -0.264. The van der Waals surface area contributed by atoms with Crippen molar-refractivity contribution in [2.24, 2.45) is 0 Å². The summed E-state index contributed by atoms with van der Waals surface area (Å²) < 4.78 is 39.4. The monoisotopic (exact) mass is 186 g/mol. The van der Waals surface area contributed by atoms with Crippen LogP contribution in [0.4, 0.5) is 17.4 Å². The summed E-state index contributed by atoms with van der Waals surface area (Å²) in [7, 11) is -4.04. The van der Waals surface area contributed by atoms with Gasteiger partial charge in [0, 0.05) is 6.04 Å². The van der Waals surface area contributed by atoms with Gasteiger partial charge in [0.1, 0.15) is 0 Å². The molecule has 2 nitrogen and oxygen atoms in total. The van der Waals surface area contributed by atoms with Crippen molar-refractivity contribution < 1.29 is 22.1 Å². The molecule has 66 valence electrons. The summed E-state index contributed by atoms with van der Waals surface area (Å²) in [5, 5.41) is 0. The lowest BCUT2D eigenvalue weighted by Gasteiger charge is -2.04. The van der Waals surface area contributed by atoms with Crippen LogP contribution in [0.3, 0.4) is 0 Å². The van der Waals surface area contributed by atoms with Crippen LogP contribution in [0.5, 0.6) is 0 Å². The Balaban J connectivity index is 3.22. The van der Waals surface area contributed by atoms with Crippen molar-refractivity contribution in [2.75, 3.05) is 6.61 Å². The highest BCUT2D eigenvalue weighted by molar-refractivity contribution is 6.64. The molecule has 0 heterocycles. The van der Waals surface area contributed by atoms with Crippen molar-refractivity contribution in [1.82, 2.24) is 0 Å². The Hall–Kier alpha value is -0.523. The van der Waals surface area contributed by atoms with Crippen LogP contribution >= 0.6 is 0 Å². The number of rotatable bonds is 4. The molecule has 0 rings (SSSR count). The van der Waals surface area contributed by atoms with Gasteiger partial charge in [-0.3, -0.25) is 8.22 Å². The summed E-state index contributed by atoms with van der Waals surface area (Å²) in [5.41, 5.74) is 0. The number of ether oxygens (including phenoxy) is 1. The minimum absolute atomic E-state index is 0.0331. The molecule has 0 aliphatic rings. The van der Waals surface area contributed by atoms with Gasteiger partial charge in [-0.15, -0.1) is 4.39 Å². The van der Waals surface area contributed by atoms with E-state index >= 15 is 0 Å². The van der Waals surface area contributed by atoms with Crippen molar-refractivity contribution in [3.05, 3.63) is 0 Å². The molecule has 0 aromatic heterocycles. The third kappa shape index (κ3) is 9.48. The first kappa shape index (κ1) is 10.5. The minimum atomic E-state index is -4.04. The largest absolute Gasteiger partial charge is 0.495 e. The van der Waals surface area contributed by atoms with Gasteiger partial charge >= 0.3 is 15.0 Å². The Morgan fingerprint density at radius 1 is 1.55 bits per heavy atom. The fourth-order valence-corrected chi connectivity index (χ4v) is 1.30. The molecule has 0 fully saturated rings. The van der Waals surface area contributed by atoms with Gasteiger partial charge < -0.3 is 4.74 Å². The molecule has 0 spiro atoms. The summed E-state index contributed by atoms with van der Waals surface area (Å²) in [6.07, 6.45) is -1.88. The molecule has 0 N–H and O–H groups in total. The highest BCUT2D eigenvalue weighted by Crippen LogP contribution is 2.14. The maximum absolute atomic E-state index is 12.2. The van der Waals surface area contributed by atoms with Gasteiger partial charge in [-0.2, -0.15) is 0 Å². The van der Waals surface area contributed by atoms with Crippen LogP contribution in [-0.4, -0.2) is 21.6 Å². The van der Waals surface area contributed by atoms with E-state index in [-0.39, 0.29) is 19.1 Å². The molecule has 0 atom stereocenters. The Kier molecular flexibility index (Phi) is 4.17. The van der Waals surface area contributed by atoms with E-state index in [1.807, 2.05) is 0 Å². The molecule has 0 aromatic rings. The third-order valence-corrected chi connectivity index (χ3v) is 2.21. The molecule has 0 saturated carbocycles. The second-order valence-corrected chi connectivity index (χ2v) is 4.90. The summed E-state index contributed by atoms with van der Waals surface area (Å²) in [6.45, 7) is 0.635. The quantitative estimate of drug-likeness (QED) is 0.292. The number of carbonyl (C=O) groups is 1. The van der Waals surface area contributed by atoms with E-state index in [9.17, 15) is 17.4 Å². The lowest BCUT2D eigenvalue weighted by atomic mass is 10.5. The zero-order valence-electron chi connectivity index (χ0n) is 6.07. The molecule has 0 radical (unpaired) electrons. The number of hydrogen-bond donors (Lipinski definition) is 0. The van der Waals surface area contributed by atoms with Gasteiger partial charge in [0.2, 0.25) is 0 Å². The molecule has 0 unspecified atom stereocenters. The van der Waals surface area contributed by atoms with Crippen LogP contribution < -0.4 is 0 Å². The van der Waals surface area contributed by atoms with E-state index in [0.717, 1.165) is 6.55 Å². The number of hydrogen-bond acceptors (Lipinski definition) is 2. The lowest BCUT2D eigenvalue weighted by molar-refractivity contribution is 0.120. The molecule has 11 heavy (non-hydrogen) atoms. The van der Waals surface area contributed by atoms with Crippen molar-refractivity contribution >= 4 is 15.0 Å². The van der Waals surface area contributed by atoms with Gasteiger partial charge in [0.25, 0.3) is 0 Å². The molecule has 0 saturated heterocycles. The second kappa shape index (κ2) is 4.37. The van der Waals surface area contributed by atoms with Crippen molar-refractivity contribution in [1.29, 1.82) is 0 Å². The first-order chi connectivity index (χ1) is 4.92. The van der Waals surface area contributed by atoms with Gasteiger partial charge in [-0.1, -0.05) is 0 Å². The average molecular weight is 186 g/mol. The second-order valence-electron chi connectivity index (χ2n) is 2.26. The first-order valence-corrected chi connectivity index (χ1v) is 5.58. The van der Waals surface area contributed by atoms with E-state index < -0.39 is 15.0 Å². The summed E-state index contributed by atoms with van der Waals surface area (Å²) in [5.74, 6) is 0. The highest BCUT2D eigenvalue weighted by Gasteiger charge is 2.26. The smallest absolute Gasteiger partial charge is 0.440 e. The Morgan fingerprint density at radius 3 is 2.45 bits per heavy atom. The predicted molar refractivity (Wildman–Crippen MR) is 35.7 cm³/mol. The van der Waals surface area contributed by atoms with Crippen molar-refractivity contribution in [2.45, 2.75) is 19.0 Å². The minimum Gasteiger partial charge on any atom is -0.440 e. The lowest BCUT2D eigenvalue weighted by Crippen LogP contribution is -2.16. The fourth-order valence-electron chi connectivity index (χ4n) is 0.535. The number of halogens is 3. The molecule has 0 aliphatic heterocycles. The van der Waals surface area contributed by atoms with Gasteiger partial charge in [0.15, 0.2) is 0 Å². The van der Waals surface area contributed by atoms with Gasteiger partial charge in [0.05, 0.1) is 6.61 Å². The van der Waals surface area contributed by atoms with Crippen molar-refractivity contribution in [3.8, 4) is 0 Å². The van der Waals surface area contributed by atoms with E-state index in [4.69, 9.17) is 0 Å². The normalized spacial score (nSPS) is 11.3. The first-order valence-electron chi connectivity index (χ1n) is 3.12.